The van der Waals surface area contributed by atoms with Crippen molar-refractivity contribution in [3.05, 3.63) is 52.7 Å². The van der Waals surface area contributed by atoms with Crippen LogP contribution in [-0.4, -0.2) is 28.8 Å². The van der Waals surface area contributed by atoms with E-state index in [2.05, 4.69) is 41.2 Å². The van der Waals surface area contributed by atoms with Crippen LogP contribution >= 0.6 is 11.6 Å². The van der Waals surface area contributed by atoms with E-state index in [4.69, 9.17) is 11.6 Å². The number of hydrogen-bond acceptors (Lipinski definition) is 4. The van der Waals surface area contributed by atoms with Crippen LogP contribution in [0.15, 0.2) is 30.6 Å². The number of carbonyl (C=O) groups is 1. The number of halogens is 2. The Kier molecular flexibility index (Phi) is 4.81. The maximum atomic E-state index is 13.9. The first-order valence-corrected chi connectivity index (χ1v) is 8.33. The molecule has 4 nitrogen and oxygen atoms in total. The van der Waals surface area contributed by atoms with Crippen molar-refractivity contribution in [2.45, 2.75) is 32.1 Å². The zero-order valence-corrected chi connectivity index (χ0v) is 14.4. The summed E-state index contributed by atoms with van der Waals surface area (Å²) in [7, 11) is 0. The number of benzene rings is 1. The molecular weight excluding hydrogens is 329 g/mol. The molecule has 2 aromatic rings. The first kappa shape index (κ1) is 16.8. The van der Waals surface area contributed by atoms with Crippen LogP contribution in [0, 0.1) is 5.82 Å². The Labute approximate surface area is 145 Å². The third-order valence-corrected chi connectivity index (χ3v) is 4.74. The van der Waals surface area contributed by atoms with E-state index < -0.39 is 5.82 Å². The number of aromatic nitrogens is 2. The van der Waals surface area contributed by atoms with Crippen molar-refractivity contribution >= 4 is 23.2 Å². The van der Waals surface area contributed by atoms with Crippen LogP contribution in [0.1, 0.15) is 43.2 Å². The maximum Gasteiger partial charge on any atom is 0.202 e. The van der Waals surface area contributed by atoms with E-state index in [9.17, 15) is 9.18 Å². The number of Topliss-reactive ketones (excluding diaryl/α,β-unsaturated/α-hetero) is 1. The molecule has 0 aliphatic carbocycles. The first-order valence-electron chi connectivity index (χ1n) is 7.96. The molecule has 1 aromatic heterocycles. The van der Waals surface area contributed by atoms with Gasteiger partial charge in [-0.25, -0.2) is 9.97 Å². The highest BCUT2D eigenvalue weighted by molar-refractivity contribution is 6.29. The molecule has 1 fully saturated rings. The number of rotatable bonds is 5. The van der Waals surface area contributed by atoms with E-state index in [1.54, 1.807) is 6.92 Å². The SMILES string of the molecule is CC(=O)C[C@@H](C)c1ccc(C2CN(c3ncnc(Cl)c3F)C2)cc1. The summed E-state index contributed by atoms with van der Waals surface area (Å²) in [6.45, 7) is 5.08. The Morgan fingerprint density at radius 3 is 2.62 bits per heavy atom. The lowest BCUT2D eigenvalue weighted by molar-refractivity contribution is -0.117. The molecular formula is C18H19ClFN3O. The summed E-state index contributed by atoms with van der Waals surface area (Å²) in [6, 6.07) is 8.34. The van der Waals surface area contributed by atoms with E-state index in [1.165, 1.54) is 17.5 Å². The molecule has 3 rings (SSSR count). The van der Waals surface area contributed by atoms with Crippen molar-refractivity contribution in [2.75, 3.05) is 18.0 Å². The molecule has 0 saturated carbocycles. The van der Waals surface area contributed by atoms with Gasteiger partial charge in [0.2, 0.25) is 5.82 Å². The van der Waals surface area contributed by atoms with Gasteiger partial charge in [-0.05, 0) is 24.0 Å². The molecule has 1 atom stereocenters. The minimum absolute atomic E-state index is 0.146. The van der Waals surface area contributed by atoms with Gasteiger partial charge in [0.05, 0.1) is 0 Å². The topological polar surface area (TPSA) is 46.1 Å². The van der Waals surface area contributed by atoms with Gasteiger partial charge in [0.25, 0.3) is 0 Å². The summed E-state index contributed by atoms with van der Waals surface area (Å²) in [5.41, 5.74) is 2.38. The molecule has 1 aliphatic rings. The average Bonchev–Trinajstić information content (AvgIpc) is 2.50. The second-order valence-corrected chi connectivity index (χ2v) is 6.74. The Bertz CT molecular complexity index is 744. The van der Waals surface area contributed by atoms with Crippen molar-refractivity contribution in [3.63, 3.8) is 0 Å². The summed E-state index contributed by atoms with van der Waals surface area (Å²) in [6.07, 6.45) is 1.84. The Hall–Kier alpha value is -2.01. The van der Waals surface area contributed by atoms with Crippen LogP contribution in [0.25, 0.3) is 0 Å². The number of nitrogens with zero attached hydrogens (tertiary/aromatic N) is 3. The summed E-state index contributed by atoms with van der Waals surface area (Å²) >= 11 is 5.70. The zero-order valence-electron chi connectivity index (χ0n) is 13.7. The minimum atomic E-state index is -0.564. The molecule has 6 heteroatoms. The van der Waals surface area contributed by atoms with Gasteiger partial charge in [-0.1, -0.05) is 42.8 Å². The predicted molar refractivity (Wildman–Crippen MR) is 92.1 cm³/mol. The Morgan fingerprint density at radius 2 is 2.00 bits per heavy atom. The monoisotopic (exact) mass is 347 g/mol. The largest absolute Gasteiger partial charge is 0.353 e. The average molecular weight is 348 g/mol. The molecule has 0 spiro atoms. The van der Waals surface area contributed by atoms with Gasteiger partial charge < -0.3 is 9.69 Å². The molecule has 0 bridgehead atoms. The van der Waals surface area contributed by atoms with Gasteiger partial charge in [-0.15, -0.1) is 0 Å². The van der Waals surface area contributed by atoms with Crippen LogP contribution < -0.4 is 4.90 Å². The third-order valence-electron chi connectivity index (χ3n) is 4.48. The highest BCUT2D eigenvalue weighted by atomic mass is 35.5. The number of carbonyl (C=O) groups excluding carboxylic acids is 1. The lowest BCUT2D eigenvalue weighted by atomic mass is 9.88. The third kappa shape index (κ3) is 3.41. The maximum absolute atomic E-state index is 13.9. The van der Waals surface area contributed by atoms with Crippen molar-refractivity contribution < 1.29 is 9.18 Å². The number of ketones is 1. The highest BCUT2D eigenvalue weighted by Crippen LogP contribution is 2.33. The van der Waals surface area contributed by atoms with Crippen molar-refractivity contribution in [1.82, 2.24) is 9.97 Å². The van der Waals surface area contributed by atoms with E-state index in [0.29, 0.717) is 25.4 Å². The fourth-order valence-corrected chi connectivity index (χ4v) is 3.20. The molecule has 1 aliphatic heterocycles. The van der Waals surface area contributed by atoms with E-state index in [-0.39, 0.29) is 22.7 Å². The number of hydrogen-bond donors (Lipinski definition) is 0. The summed E-state index contributed by atoms with van der Waals surface area (Å²) in [5.74, 6) is 0.470. The standard InChI is InChI=1S/C18H19ClFN3O/c1-11(7-12(2)24)13-3-5-14(6-4-13)15-8-23(9-15)18-16(20)17(19)21-10-22-18/h3-6,10-11,15H,7-9H2,1-2H3/t11-/m1/s1. The normalized spacial score (nSPS) is 15.9. The summed E-state index contributed by atoms with van der Waals surface area (Å²) in [5, 5.41) is -0.146. The smallest absolute Gasteiger partial charge is 0.202 e. The van der Waals surface area contributed by atoms with E-state index >= 15 is 0 Å². The van der Waals surface area contributed by atoms with Crippen LogP contribution in [0.2, 0.25) is 5.15 Å². The first-order chi connectivity index (χ1) is 11.5. The van der Waals surface area contributed by atoms with Gasteiger partial charge in [0.15, 0.2) is 11.0 Å². The van der Waals surface area contributed by atoms with Gasteiger partial charge in [-0.2, -0.15) is 4.39 Å². The van der Waals surface area contributed by atoms with Crippen molar-refractivity contribution in [2.24, 2.45) is 0 Å². The fraction of sp³-hybridized carbons (Fsp3) is 0.389. The van der Waals surface area contributed by atoms with Crippen molar-refractivity contribution in [1.29, 1.82) is 0 Å². The second kappa shape index (κ2) is 6.85. The lowest BCUT2D eigenvalue weighted by Gasteiger charge is -2.40. The van der Waals surface area contributed by atoms with E-state index in [0.717, 1.165) is 0 Å². The Morgan fingerprint density at radius 1 is 1.33 bits per heavy atom. The summed E-state index contributed by atoms with van der Waals surface area (Å²) < 4.78 is 13.9. The van der Waals surface area contributed by atoms with Crippen molar-refractivity contribution in [3.8, 4) is 0 Å². The van der Waals surface area contributed by atoms with Crippen LogP contribution in [-0.2, 0) is 4.79 Å². The summed E-state index contributed by atoms with van der Waals surface area (Å²) in [4.78, 5) is 20.7. The predicted octanol–water partition coefficient (Wildman–Crippen LogP) is 3.96. The molecule has 2 heterocycles. The van der Waals surface area contributed by atoms with Crippen LogP contribution in [0.3, 0.4) is 0 Å². The van der Waals surface area contributed by atoms with Gasteiger partial charge in [0.1, 0.15) is 12.1 Å². The number of anilines is 1. The molecule has 126 valence electrons. The molecule has 0 unspecified atom stereocenters. The Balaban J connectivity index is 1.64. The van der Waals surface area contributed by atoms with Gasteiger partial charge in [-0.3, -0.25) is 0 Å². The lowest BCUT2D eigenvalue weighted by Crippen LogP contribution is -2.46. The second-order valence-electron chi connectivity index (χ2n) is 6.38. The van der Waals surface area contributed by atoms with Gasteiger partial charge in [0, 0.05) is 25.4 Å². The van der Waals surface area contributed by atoms with Gasteiger partial charge >= 0.3 is 0 Å². The molecule has 0 N–H and O–H groups in total. The van der Waals surface area contributed by atoms with Crippen LogP contribution in [0.4, 0.5) is 10.2 Å². The molecule has 1 aromatic carbocycles. The zero-order chi connectivity index (χ0) is 17.3. The van der Waals surface area contributed by atoms with Crippen LogP contribution in [0.5, 0.6) is 0 Å². The quantitative estimate of drug-likeness (QED) is 0.768. The molecule has 0 radical (unpaired) electrons. The molecule has 24 heavy (non-hydrogen) atoms. The van der Waals surface area contributed by atoms with E-state index in [1.807, 2.05) is 4.90 Å². The molecule has 0 amide bonds. The molecule has 1 saturated heterocycles. The fourth-order valence-electron chi connectivity index (χ4n) is 3.07. The minimum Gasteiger partial charge on any atom is -0.353 e. The highest BCUT2D eigenvalue weighted by Gasteiger charge is 2.31.